The van der Waals surface area contributed by atoms with Crippen LogP contribution < -0.4 is 10.1 Å². The van der Waals surface area contributed by atoms with Crippen molar-refractivity contribution >= 4 is 11.8 Å². The van der Waals surface area contributed by atoms with Gasteiger partial charge < -0.3 is 10.1 Å². The first-order valence-corrected chi connectivity index (χ1v) is 7.27. The fourth-order valence-corrected chi connectivity index (χ4v) is 2.86. The van der Waals surface area contributed by atoms with E-state index in [2.05, 4.69) is 10.3 Å². The molecule has 20 heavy (non-hydrogen) atoms. The third-order valence-electron chi connectivity index (χ3n) is 2.93. The average Bonchev–Trinajstić information content (AvgIpc) is 2.50. The van der Waals surface area contributed by atoms with E-state index in [0.717, 1.165) is 22.1 Å². The molecule has 0 fully saturated rings. The second-order valence-corrected chi connectivity index (χ2v) is 5.29. The Morgan fingerprint density at radius 2 is 2.05 bits per heavy atom. The van der Waals surface area contributed by atoms with Gasteiger partial charge in [-0.25, -0.2) is 4.39 Å². The van der Waals surface area contributed by atoms with Gasteiger partial charge in [0.15, 0.2) is 0 Å². The van der Waals surface area contributed by atoms with Crippen molar-refractivity contribution in [3.8, 4) is 5.75 Å². The molecule has 0 saturated heterocycles. The van der Waals surface area contributed by atoms with E-state index in [4.69, 9.17) is 4.74 Å². The molecule has 2 rings (SSSR count). The van der Waals surface area contributed by atoms with Crippen LogP contribution in [-0.4, -0.2) is 24.9 Å². The number of benzene rings is 1. The second kappa shape index (κ2) is 7.26. The van der Waals surface area contributed by atoms with E-state index in [1.165, 1.54) is 12.1 Å². The van der Waals surface area contributed by atoms with Crippen molar-refractivity contribution in [1.29, 1.82) is 0 Å². The molecule has 2 aromatic rings. The van der Waals surface area contributed by atoms with Crippen molar-refractivity contribution in [2.45, 2.75) is 10.9 Å². The van der Waals surface area contributed by atoms with Crippen LogP contribution in [0.3, 0.4) is 0 Å². The Labute approximate surface area is 122 Å². The summed E-state index contributed by atoms with van der Waals surface area (Å²) in [4.78, 5) is 5.42. The van der Waals surface area contributed by atoms with E-state index in [0.29, 0.717) is 0 Å². The zero-order valence-corrected chi connectivity index (χ0v) is 12.3. The maximum atomic E-state index is 12.9. The molecule has 0 aliphatic heterocycles. The summed E-state index contributed by atoms with van der Waals surface area (Å²) in [6, 6.07) is 10.3. The summed E-state index contributed by atoms with van der Waals surface area (Å²) < 4.78 is 18.2. The number of halogens is 1. The molecule has 1 N–H and O–H groups in total. The summed E-state index contributed by atoms with van der Waals surface area (Å²) >= 11 is 1.65. The maximum absolute atomic E-state index is 12.9. The average molecular weight is 292 g/mol. The molecular formula is C15H17FN2OS. The van der Waals surface area contributed by atoms with E-state index in [-0.39, 0.29) is 11.9 Å². The first kappa shape index (κ1) is 14.8. The predicted octanol–water partition coefficient (Wildman–Crippen LogP) is 3.28. The van der Waals surface area contributed by atoms with E-state index in [9.17, 15) is 4.39 Å². The lowest BCUT2D eigenvalue weighted by molar-refractivity contribution is 0.400. The topological polar surface area (TPSA) is 34.2 Å². The first-order valence-electron chi connectivity index (χ1n) is 6.29. The Morgan fingerprint density at radius 1 is 1.30 bits per heavy atom. The summed E-state index contributed by atoms with van der Waals surface area (Å²) in [7, 11) is 3.53. The highest BCUT2D eigenvalue weighted by Crippen LogP contribution is 2.28. The molecule has 0 radical (unpaired) electrons. The van der Waals surface area contributed by atoms with Crippen LogP contribution in [0.15, 0.2) is 47.5 Å². The third-order valence-corrected chi connectivity index (χ3v) is 4.03. The monoisotopic (exact) mass is 292 g/mol. The van der Waals surface area contributed by atoms with Gasteiger partial charge in [0, 0.05) is 16.8 Å². The van der Waals surface area contributed by atoms with Gasteiger partial charge in [-0.05, 0) is 43.4 Å². The van der Waals surface area contributed by atoms with Gasteiger partial charge in [0.05, 0.1) is 18.8 Å². The van der Waals surface area contributed by atoms with Gasteiger partial charge in [-0.3, -0.25) is 4.98 Å². The van der Waals surface area contributed by atoms with Gasteiger partial charge in [0.2, 0.25) is 0 Å². The molecule has 106 valence electrons. The minimum Gasteiger partial charge on any atom is -0.495 e. The molecule has 0 bridgehead atoms. The van der Waals surface area contributed by atoms with Crippen molar-refractivity contribution in [1.82, 2.24) is 10.3 Å². The highest BCUT2D eigenvalue weighted by Gasteiger charge is 2.15. The molecule has 1 atom stereocenters. The first-order chi connectivity index (χ1) is 9.74. The van der Waals surface area contributed by atoms with Gasteiger partial charge in [-0.15, -0.1) is 11.8 Å². The molecular weight excluding hydrogens is 275 g/mol. The maximum Gasteiger partial charge on any atom is 0.142 e. The van der Waals surface area contributed by atoms with Crippen LogP contribution in [0.4, 0.5) is 4.39 Å². The smallest absolute Gasteiger partial charge is 0.142 e. The molecule has 0 amide bonds. The Morgan fingerprint density at radius 3 is 2.70 bits per heavy atom. The van der Waals surface area contributed by atoms with E-state index in [1.807, 2.05) is 19.2 Å². The molecule has 0 spiro atoms. The summed E-state index contributed by atoms with van der Waals surface area (Å²) in [6.07, 6.45) is 1.75. The fourth-order valence-electron chi connectivity index (χ4n) is 1.85. The number of aromatic nitrogens is 1. The van der Waals surface area contributed by atoms with Crippen LogP contribution in [0.1, 0.15) is 11.7 Å². The highest BCUT2D eigenvalue weighted by molar-refractivity contribution is 7.99. The van der Waals surface area contributed by atoms with Crippen molar-refractivity contribution in [3.63, 3.8) is 0 Å². The van der Waals surface area contributed by atoms with Crippen LogP contribution in [0.25, 0.3) is 0 Å². The summed E-state index contributed by atoms with van der Waals surface area (Å²) in [6.45, 7) is 0. The quantitative estimate of drug-likeness (QED) is 0.829. The van der Waals surface area contributed by atoms with Gasteiger partial charge in [-0.2, -0.15) is 0 Å². The Hall–Kier alpha value is -1.59. The molecule has 1 aromatic heterocycles. The number of nitrogens with zero attached hydrogens (tertiary/aromatic N) is 1. The van der Waals surface area contributed by atoms with E-state index >= 15 is 0 Å². The van der Waals surface area contributed by atoms with Crippen LogP contribution in [0.5, 0.6) is 5.75 Å². The predicted molar refractivity (Wildman–Crippen MR) is 79.7 cm³/mol. The fraction of sp³-hybridized carbons (Fsp3) is 0.267. The van der Waals surface area contributed by atoms with Crippen LogP contribution in [0.2, 0.25) is 0 Å². The van der Waals surface area contributed by atoms with Gasteiger partial charge in [0.25, 0.3) is 0 Å². The van der Waals surface area contributed by atoms with Crippen molar-refractivity contribution in [3.05, 3.63) is 54.1 Å². The summed E-state index contributed by atoms with van der Waals surface area (Å²) in [5.74, 6) is 1.34. The molecule has 3 nitrogen and oxygen atoms in total. The molecule has 5 heteroatoms. The molecule has 0 saturated carbocycles. The lowest BCUT2D eigenvalue weighted by Gasteiger charge is -2.17. The lowest BCUT2D eigenvalue weighted by Crippen LogP contribution is -2.20. The van der Waals surface area contributed by atoms with Crippen molar-refractivity contribution < 1.29 is 9.13 Å². The van der Waals surface area contributed by atoms with Crippen LogP contribution in [0, 0.1) is 5.82 Å². The normalized spacial score (nSPS) is 12.2. The highest BCUT2D eigenvalue weighted by atomic mass is 32.2. The minimum absolute atomic E-state index is 0.0706. The number of methoxy groups -OCH3 is 1. The molecule has 1 aromatic carbocycles. The SMILES string of the molecule is CNC(CSc1ccc(F)cc1)c1ncccc1OC. The lowest BCUT2D eigenvalue weighted by atomic mass is 10.2. The zero-order chi connectivity index (χ0) is 14.4. The Bertz CT molecular complexity index is 548. The third kappa shape index (κ3) is 3.71. The van der Waals surface area contributed by atoms with E-state index in [1.54, 1.807) is 37.2 Å². The van der Waals surface area contributed by atoms with Crippen LogP contribution in [-0.2, 0) is 0 Å². The number of ether oxygens (including phenoxy) is 1. The summed E-state index contributed by atoms with van der Waals surface area (Å²) in [5, 5.41) is 3.24. The molecule has 1 unspecified atom stereocenters. The zero-order valence-electron chi connectivity index (χ0n) is 11.5. The Kier molecular flexibility index (Phi) is 5.38. The second-order valence-electron chi connectivity index (χ2n) is 4.20. The molecule has 0 aliphatic rings. The number of hydrogen-bond donors (Lipinski definition) is 1. The van der Waals surface area contributed by atoms with Gasteiger partial charge in [-0.1, -0.05) is 0 Å². The van der Waals surface area contributed by atoms with Crippen molar-refractivity contribution in [2.24, 2.45) is 0 Å². The van der Waals surface area contributed by atoms with E-state index < -0.39 is 0 Å². The largest absolute Gasteiger partial charge is 0.495 e. The standard InChI is InChI=1S/C15H17FN2OS/c1-17-13(15-14(19-2)4-3-9-18-15)10-20-12-7-5-11(16)6-8-12/h3-9,13,17H,10H2,1-2H3. The number of rotatable bonds is 6. The molecule has 1 heterocycles. The van der Waals surface area contributed by atoms with Gasteiger partial charge in [0.1, 0.15) is 11.6 Å². The number of nitrogens with one attached hydrogen (secondary N) is 1. The van der Waals surface area contributed by atoms with Crippen LogP contribution >= 0.6 is 11.8 Å². The Balaban J connectivity index is 2.07. The minimum atomic E-state index is -0.217. The summed E-state index contributed by atoms with van der Waals surface area (Å²) in [5.41, 5.74) is 0.882. The van der Waals surface area contributed by atoms with Crippen molar-refractivity contribution in [2.75, 3.05) is 19.9 Å². The number of hydrogen-bond acceptors (Lipinski definition) is 4. The van der Waals surface area contributed by atoms with Gasteiger partial charge >= 0.3 is 0 Å². The molecule has 0 aliphatic carbocycles. The number of pyridine rings is 1. The number of thioether (sulfide) groups is 1.